The Morgan fingerprint density at radius 1 is 1.00 bits per heavy atom. The molecule has 1 aliphatic rings. The minimum atomic E-state index is -4.25. The highest BCUT2D eigenvalue weighted by Gasteiger charge is 2.16. The molecule has 0 atom stereocenters. The highest BCUT2D eigenvalue weighted by Crippen LogP contribution is 2.32. The third-order valence-electron chi connectivity index (χ3n) is 4.44. The molecule has 0 bridgehead atoms. The van der Waals surface area contributed by atoms with Gasteiger partial charge in [-0.15, -0.1) is 0 Å². The highest BCUT2D eigenvalue weighted by atomic mass is 32.2. The zero-order chi connectivity index (χ0) is 25.1. The predicted octanol–water partition coefficient (Wildman–Crippen LogP) is 4.73. The smallest absolute Gasteiger partial charge is 0.429 e. The molecule has 188 valence electrons. The van der Waals surface area contributed by atoms with Gasteiger partial charge in [0.2, 0.25) is 11.1 Å². The Morgan fingerprint density at radius 3 is 2.06 bits per heavy atom. The standard InChI is InChI=1S/C14H21N2O2.C6H6O3S.C4H9NO/c1-3-5-9-17-12-7-8-14(13(11-12)16-15)18-10-6-4-2;7-10(8,9)6-4-2-1-3-5-6;1-3-6-4-2-5-1/h7-8,11H,3-6,9-10H2,1-2H3;1-5H,(H,7,8,9);5H,1-4H2/q+1;;/p-1. The molecular formula is C24H35N3O6S. The first kappa shape index (κ1) is 29.3. The first-order chi connectivity index (χ1) is 16.4. The lowest BCUT2D eigenvalue weighted by molar-refractivity contribution is 0.109. The topological polar surface area (TPSA) is 125 Å². The Balaban J connectivity index is 0.000000299. The van der Waals surface area contributed by atoms with E-state index in [0.29, 0.717) is 30.4 Å². The number of benzene rings is 2. The maximum Gasteiger partial charge on any atom is 0.429 e. The number of nitrogens with one attached hydrogen (secondary N) is 1. The lowest BCUT2D eigenvalue weighted by atomic mass is 10.2. The van der Waals surface area contributed by atoms with Crippen LogP contribution in [0.2, 0.25) is 0 Å². The van der Waals surface area contributed by atoms with E-state index in [1.165, 1.54) is 24.3 Å². The van der Waals surface area contributed by atoms with E-state index in [-0.39, 0.29) is 4.90 Å². The fourth-order valence-electron chi connectivity index (χ4n) is 2.55. The molecule has 1 aliphatic heterocycles. The number of hydrogen-bond donors (Lipinski definition) is 1. The van der Waals surface area contributed by atoms with E-state index in [4.69, 9.17) is 19.6 Å². The van der Waals surface area contributed by atoms with Crippen molar-refractivity contribution in [2.45, 2.75) is 44.4 Å². The molecule has 9 nitrogen and oxygen atoms in total. The molecule has 10 heteroatoms. The number of ether oxygens (including phenoxy) is 3. The van der Waals surface area contributed by atoms with Crippen molar-refractivity contribution < 1.29 is 27.2 Å². The van der Waals surface area contributed by atoms with Gasteiger partial charge in [0.15, 0.2) is 4.98 Å². The molecule has 2 aromatic rings. The van der Waals surface area contributed by atoms with Gasteiger partial charge in [0.1, 0.15) is 15.9 Å². The van der Waals surface area contributed by atoms with Crippen LogP contribution in [0.1, 0.15) is 39.5 Å². The lowest BCUT2D eigenvalue weighted by Gasteiger charge is -2.10. The minimum absolute atomic E-state index is 0.185. The molecule has 3 rings (SSSR count). The van der Waals surface area contributed by atoms with E-state index >= 15 is 0 Å². The van der Waals surface area contributed by atoms with Crippen molar-refractivity contribution in [3.05, 3.63) is 53.5 Å². The Kier molecular flexibility index (Phi) is 15.3. The second-order valence-electron chi connectivity index (χ2n) is 7.26. The fourth-order valence-corrected chi connectivity index (χ4v) is 3.04. The number of nitrogens with zero attached hydrogens (tertiary/aromatic N) is 2. The summed E-state index contributed by atoms with van der Waals surface area (Å²) in [6.45, 7) is 9.36. The van der Waals surface area contributed by atoms with E-state index < -0.39 is 10.1 Å². The molecule has 0 aliphatic carbocycles. The summed E-state index contributed by atoms with van der Waals surface area (Å²) in [5.74, 6) is 1.30. The number of rotatable bonds is 9. The highest BCUT2D eigenvalue weighted by molar-refractivity contribution is 7.85. The first-order valence-corrected chi connectivity index (χ1v) is 12.9. The number of unbranched alkanes of at least 4 members (excludes halogenated alkanes) is 2. The summed E-state index contributed by atoms with van der Waals surface area (Å²) in [6.07, 6.45) is 4.17. The fraction of sp³-hybridized carbons (Fsp3) is 0.500. The number of morpholine rings is 1. The van der Waals surface area contributed by atoms with Crippen LogP contribution < -0.4 is 14.8 Å². The van der Waals surface area contributed by atoms with Crippen LogP contribution in [-0.4, -0.2) is 52.5 Å². The van der Waals surface area contributed by atoms with Gasteiger partial charge < -0.3 is 24.1 Å². The Bertz CT molecular complexity index is 933. The lowest BCUT2D eigenvalue weighted by Crippen LogP contribution is -2.30. The minimum Gasteiger partial charge on any atom is -0.744 e. The molecule has 0 aromatic heterocycles. The third kappa shape index (κ3) is 13.1. The Hall–Kier alpha value is -2.71. The zero-order valence-corrected chi connectivity index (χ0v) is 20.8. The SMILES string of the molecule is C1COCCN1.CCCCOc1ccc(OCCCC)c([N+]#N)c1.O=S(=O)([O-])c1ccccc1. The maximum absolute atomic E-state index is 10.3. The summed E-state index contributed by atoms with van der Waals surface area (Å²) in [5, 5.41) is 12.1. The summed E-state index contributed by atoms with van der Waals surface area (Å²) in [5.41, 5.74) is 0.417. The first-order valence-electron chi connectivity index (χ1n) is 11.5. The molecule has 1 N–H and O–H groups in total. The van der Waals surface area contributed by atoms with Crippen LogP contribution in [-0.2, 0) is 14.9 Å². The predicted molar refractivity (Wildman–Crippen MR) is 130 cm³/mol. The summed E-state index contributed by atoms with van der Waals surface area (Å²) in [4.78, 5) is 3.05. The number of hydrogen-bond acceptors (Lipinski definition) is 8. The largest absolute Gasteiger partial charge is 0.744 e. The molecule has 2 aromatic carbocycles. The van der Waals surface area contributed by atoms with Gasteiger partial charge in [-0.25, -0.2) is 8.42 Å². The third-order valence-corrected chi connectivity index (χ3v) is 5.29. The molecule has 0 unspecified atom stereocenters. The van der Waals surface area contributed by atoms with Crippen LogP contribution in [0.25, 0.3) is 4.98 Å². The average Bonchev–Trinajstić information content (AvgIpc) is 2.87. The summed E-state index contributed by atoms with van der Waals surface area (Å²) in [6, 6.07) is 12.5. The molecule has 1 fully saturated rings. The average molecular weight is 494 g/mol. The van der Waals surface area contributed by atoms with E-state index in [2.05, 4.69) is 24.1 Å². The zero-order valence-electron chi connectivity index (χ0n) is 19.9. The van der Waals surface area contributed by atoms with Gasteiger partial charge in [-0.3, -0.25) is 0 Å². The molecule has 0 spiro atoms. The van der Waals surface area contributed by atoms with Crippen molar-refractivity contribution in [2.24, 2.45) is 0 Å². The molecule has 1 saturated heterocycles. The quantitative estimate of drug-likeness (QED) is 0.302. The van der Waals surface area contributed by atoms with E-state index in [9.17, 15) is 13.0 Å². The maximum atomic E-state index is 10.3. The number of diazo groups is 1. The van der Waals surface area contributed by atoms with Crippen molar-refractivity contribution in [3.63, 3.8) is 0 Å². The molecule has 0 amide bonds. The molecule has 34 heavy (non-hydrogen) atoms. The van der Waals surface area contributed by atoms with Gasteiger partial charge in [-0.1, -0.05) is 44.9 Å². The Labute approximate surface area is 202 Å². The van der Waals surface area contributed by atoms with Crippen LogP contribution in [0.15, 0.2) is 53.4 Å². The van der Waals surface area contributed by atoms with Crippen molar-refractivity contribution in [1.29, 1.82) is 5.39 Å². The van der Waals surface area contributed by atoms with E-state index in [1.807, 2.05) is 6.07 Å². The van der Waals surface area contributed by atoms with Gasteiger partial charge in [-0.2, -0.15) is 0 Å². The van der Waals surface area contributed by atoms with Gasteiger partial charge in [0.25, 0.3) is 0 Å². The van der Waals surface area contributed by atoms with Crippen molar-refractivity contribution in [3.8, 4) is 11.5 Å². The van der Waals surface area contributed by atoms with Crippen LogP contribution in [0.4, 0.5) is 5.69 Å². The summed E-state index contributed by atoms with van der Waals surface area (Å²) in [7, 11) is -4.25. The van der Waals surface area contributed by atoms with Gasteiger partial charge >= 0.3 is 5.69 Å². The second kappa shape index (κ2) is 17.7. The van der Waals surface area contributed by atoms with E-state index in [0.717, 1.165) is 52.0 Å². The van der Waals surface area contributed by atoms with Gasteiger partial charge in [-0.05, 0) is 37.1 Å². The van der Waals surface area contributed by atoms with Crippen LogP contribution in [0.3, 0.4) is 0 Å². The van der Waals surface area contributed by atoms with Crippen molar-refractivity contribution in [2.75, 3.05) is 39.5 Å². The second-order valence-corrected chi connectivity index (χ2v) is 8.64. The van der Waals surface area contributed by atoms with Crippen LogP contribution >= 0.6 is 0 Å². The van der Waals surface area contributed by atoms with Crippen molar-refractivity contribution in [1.82, 2.24) is 5.32 Å². The molecular weight excluding hydrogens is 458 g/mol. The van der Waals surface area contributed by atoms with Crippen LogP contribution in [0, 0.1) is 5.39 Å². The summed E-state index contributed by atoms with van der Waals surface area (Å²) < 4.78 is 46.9. The normalized spacial score (nSPS) is 12.8. The Morgan fingerprint density at radius 2 is 1.62 bits per heavy atom. The monoisotopic (exact) mass is 493 g/mol. The van der Waals surface area contributed by atoms with Gasteiger partial charge in [0, 0.05) is 13.1 Å². The summed E-state index contributed by atoms with van der Waals surface area (Å²) >= 11 is 0. The van der Waals surface area contributed by atoms with E-state index in [1.54, 1.807) is 18.2 Å². The van der Waals surface area contributed by atoms with Gasteiger partial charge in [0.05, 0.1) is 37.4 Å². The molecule has 0 saturated carbocycles. The van der Waals surface area contributed by atoms with Crippen LogP contribution in [0.5, 0.6) is 11.5 Å². The molecule has 1 heterocycles. The van der Waals surface area contributed by atoms with Crippen molar-refractivity contribution >= 4 is 15.8 Å². The molecule has 0 radical (unpaired) electrons.